The van der Waals surface area contributed by atoms with Crippen LogP contribution in [0.2, 0.25) is 19.6 Å². The zero-order chi connectivity index (χ0) is 32.3. The summed E-state index contributed by atoms with van der Waals surface area (Å²) in [5, 5.41) is 3.58. The van der Waals surface area contributed by atoms with E-state index in [9.17, 15) is 0 Å². The molecule has 4 heterocycles. The largest absolute Gasteiger partial charge is 0.486 e. The zero-order valence-corrected chi connectivity index (χ0v) is 31.8. The van der Waals surface area contributed by atoms with E-state index in [1.165, 1.54) is 48.4 Å². The summed E-state index contributed by atoms with van der Waals surface area (Å²) in [6.07, 6.45) is 12.6. The Hall–Kier alpha value is -3.44. The van der Waals surface area contributed by atoms with Crippen LogP contribution in [0.15, 0.2) is 89.7 Å². The SMILES string of the molecule is CC(C)c1cc(-c2[c-]cccc2)ncc1[Si](C)(C)C.CC(c1ccnc(-c2[c-]ccc3c2oc2ncccc23)c1)C1CCCCC1.[Ir]. The van der Waals surface area contributed by atoms with Crippen LogP contribution in [0.4, 0.5) is 0 Å². The van der Waals surface area contributed by atoms with Crippen LogP contribution in [0.5, 0.6) is 0 Å². The van der Waals surface area contributed by atoms with E-state index in [1.54, 1.807) is 6.20 Å². The summed E-state index contributed by atoms with van der Waals surface area (Å²) in [5.41, 5.74) is 8.26. The van der Waals surface area contributed by atoms with E-state index in [4.69, 9.17) is 4.42 Å². The maximum Gasteiger partial charge on any atom is 0.216 e. The van der Waals surface area contributed by atoms with Crippen LogP contribution in [0, 0.1) is 18.1 Å². The molecule has 0 saturated heterocycles. The van der Waals surface area contributed by atoms with E-state index in [2.05, 4.69) is 98.0 Å². The molecule has 1 saturated carbocycles. The molecule has 0 bridgehead atoms. The third-order valence-electron chi connectivity index (χ3n) is 9.48. The van der Waals surface area contributed by atoms with Crippen LogP contribution in [-0.2, 0) is 20.1 Å². The van der Waals surface area contributed by atoms with E-state index < -0.39 is 8.07 Å². The predicted octanol–water partition coefficient (Wildman–Crippen LogP) is 10.7. The summed E-state index contributed by atoms with van der Waals surface area (Å²) in [6.45, 7) is 14.0. The van der Waals surface area contributed by atoms with Crippen molar-refractivity contribution in [3.8, 4) is 22.5 Å². The first kappa shape index (κ1) is 34.9. The summed E-state index contributed by atoms with van der Waals surface area (Å²) >= 11 is 0. The van der Waals surface area contributed by atoms with Crippen molar-refractivity contribution in [2.75, 3.05) is 0 Å². The van der Waals surface area contributed by atoms with E-state index in [-0.39, 0.29) is 20.1 Å². The second-order valence-corrected chi connectivity index (χ2v) is 19.1. The predicted molar refractivity (Wildman–Crippen MR) is 194 cm³/mol. The van der Waals surface area contributed by atoms with Crippen molar-refractivity contribution in [3.05, 3.63) is 109 Å². The molecule has 7 rings (SSSR count). The van der Waals surface area contributed by atoms with Gasteiger partial charge in [-0.05, 0) is 65.4 Å². The molecule has 1 fully saturated rings. The Bertz CT molecular complexity index is 1920. The topological polar surface area (TPSA) is 51.8 Å². The summed E-state index contributed by atoms with van der Waals surface area (Å²) in [5.74, 6) is 1.87. The first-order valence-corrected chi connectivity index (χ1v) is 20.3. The molecule has 4 aromatic heterocycles. The van der Waals surface area contributed by atoms with Crippen LogP contribution in [0.3, 0.4) is 0 Å². The molecule has 1 unspecified atom stereocenters. The van der Waals surface area contributed by atoms with Crippen LogP contribution in [-0.4, -0.2) is 23.0 Å². The van der Waals surface area contributed by atoms with Crippen LogP contribution >= 0.6 is 0 Å². The van der Waals surface area contributed by atoms with E-state index in [1.807, 2.05) is 48.7 Å². The Kier molecular flexibility index (Phi) is 11.3. The minimum atomic E-state index is -1.34. The summed E-state index contributed by atoms with van der Waals surface area (Å²) in [4.78, 5) is 13.7. The van der Waals surface area contributed by atoms with Gasteiger partial charge in [-0.3, -0.25) is 0 Å². The molecule has 6 aromatic rings. The minimum Gasteiger partial charge on any atom is -0.486 e. The number of rotatable bonds is 6. The summed E-state index contributed by atoms with van der Waals surface area (Å²) < 4.78 is 6.07. The molecular weight excluding hydrogens is 771 g/mol. The first-order valence-electron chi connectivity index (χ1n) is 16.8. The van der Waals surface area contributed by atoms with Gasteiger partial charge in [-0.2, -0.15) is 0 Å². The van der Waals surface area contributed by atoms with Gasteiger partial charge in [-0.1, -0.05) is 93.9 Å². The third kappa shape index (κ3) is 7.83. The molecule has 0 amide bonds. The van der Waals surface area contributed by atoms with Gasteiger partial charge < -0.3 is 14.4 Å². The van der Waals surface area contributed by atoms with Crippen molar-refractivity contribution >= 4 is 35.3 Å². The molecule has 47 heavy (non-hydrogen) atoms. The van der Waals surface area contributed by atoms with Crippen molar-refractivity contribution in [1.82, 2.24) is 15.0 Å². The maximum atomic E-state index is 6.07. The van der Waals surface area contributed by atoms with E-state index >= 15 is 0 Å². The van der Waals surface area contributed by atoms with Gasteiger partial charge in [0.25, 0.3) is 0 Å². The molecule has 6 heteroatoms. The molecule has 4 nitrogen and oxygen atoms in total. The van der Waals surface area contributed by atoms with Gasteiger partial charge in [0, 0.05) is 44.1 Å². The van der Waals surface area contributed by atoms with Gasteiger partial charge in [0.2, 0.25) is 5.71 Å². The average Bonchev–Trinajstić information content (AvgIpc) is 3.47. The molecule has 0 spiro atoms. The number of hydrogen-bond donors (Lipinski definition) is 0. The Labute approximate surface area is 294 Å². The number of nitrogens with zero attached hydrogens (tertiary/aromatic N) is 3. The number of fused-ring (bicyclic) bond motifs is 3. The van der Waals surface area contributed by atoms with Gasteiger partial charge in [-0.25, -0.2) is 4.98 Å². The van der Waals surface area contributed by atoms with Crippen LogP contribution < -0.4 is 5.19 Å². The number of pyridine rings is 3. The van der Waals surface area contributed by atoms with Crippen molar-refractivity contribution in [3.63, 3.8) is 0 Å². The van der Waals surface area contributed by atoms with Crippen molar-refractivity contribution < 1.29 is 24.5 Å². The number of aromatic nitrogens is 3. The number of furan rings is 1. The summed E-state index contributed by atoms with van der Waals surface area (Å²) in [6, 6.07) is 29.3. The molecule has 245 valence electrons. The molecule has 1 aliphatic rings. The molecule has 1 atom stereocenters. The second kappa shape index (κ2) is 15.2. The van der Waals surface area contributed by atoms with E-state index in [0.717, 1.165) is 44.8 Å². The van der Waals surface area contributed by atoms with Gasteiger partial charge in [0.15, 0.2) is 0 Å². The second-order valence-electron chi connectivity index (χ2n) is 14.1. The molecule has 1 aliphatic carbocycles. The van der Waals surface area contributed by atoms with E-state index in [0.29, 0.717) is 17.5 Å². The third-order valence-corrected chi connectivity index (χ3v) is 11.5. The zero-order valence-electron chi connectivity index (χ0n) is 28.4. The average molecular weight is 816 g/mol. The Morgan fingerprint density at radius 2 is 1.60 bits per heavy atom. The monoisotopic (exact) mass is 816 g/mol. The Morgan fingerprint density at radius 3 is 2.32 bits per heavy atom. The molecule has 1 radical (unpaired) electrons. The molecule has 0 N–H and O–H groups in total. The first-order chi connectivity index (χ1) is 22.2. The fourth-order valence-corrected chi connectivity index (χ4v) is 8.49. The normalized spacial score (nSPS) is 14.4. The van der Waals surface area contributed by atoms with Crippen molar-refractivity contribution in [2.24, 2.45) is 5.92 Å². The summed E-state index contributed by atoms with van der Waals surface area (Å²) in [7, 11) is -1.34. The fraction of sp³-hybridized carbons (Fsp3) is 0.341. The number of benzene rings is 2. The minimum absolute atomic E-state index is 0. The van der Waals surface area contributed by atoms with Crippen LogP contribution in [0.25, 0.3) is 44.6 Å². The fourth-order valence-electron chi connectivity index (χ4n) is 6.81. The van der Waals surface area contributed by atoms with Gasteiger partial charge in [-0.15, -0.1) is 54.1 Å². The van der Waals surface area contributed by atoms with Gasteiger partial charge in [0.1, 0.15) is 0 Å². The number of hydrogen-bond acceptors (Lipinski definition) is 4. The van der Waals surface area contributed by atoms with Crippen LogP contribution in [0.1, 0.15) is 75.8 Å². The van der Waals surface area contributed by atoms with Gasteiger partial charge in [0.05, 0.1) is 13.7 Å². The molecule has 2 aromatic carbocycles. The quantitative estimate of drug-likeness (QED) is 0.124. The standard InChI is InChI=1S/C24H23N2O.C17H22NSi.Ir/c1-16(17-7-3-2-4-8-17)18-12-14-25-22(15-18)21-10-5-9-19-20-11-6-13-26-24(20)27-23(19)21;1-13(2)15-11-16(14-9-7-6-8-10-14)18-12-17(15)19(3,4)5;/h5-6,9,11-17H,2-4,7-8H2,1H3;6-9,11-13H,1-5H3;/q2*-1;. The maximum absolute atomic E-state index is 6.07. The Morgan fingerprint density at radius 1 is 0.787 bits per heavy atom. The van der Waals surface area contributed by atoms with Crippen molar-refractivity contribution in [2.45, 2.75) is 84.4 Å². The van der Waals surface area contributed by atoms with Crippen molar-refractivity contribution in [1.29, 1.82) is 0 Å². The smallest absolute Gasteiger partial charge is 0.216 e. The Balaban J connectivity index is 0.000000192. The van der Waals surface area contributed by atoms with Gasteiger partial charge >= 0.3 is 0 Å². The molecule has 0 aliphatic heterocycles. The molecular formula is C41H45IrN3OSi-2.